The summed E-state index contributed by atoms with van der Waals surface area (Å²) in [5, 5.41) is 3.18. The lowest BCUT2D eigenvalue weighted by molar-refractivity contribution is 0.0973. The molecule has 0 aliphatic rings. The number of hydrogen-bond donors (Lipinski definition) is 1. The molecule has 2 aromatic carbocycles. The van der Waals surface area contributed by atoms with Crippen LogP contribution >= 0.6 is 34.8 Å². The zero-order valence-electron chi connectivity index (χ0n) is 11.5. The predicted octanol–water partition coefficient (Wildman–Crippen LogP) is 3.44. The summed E-state index contributed by atoms with van der Waals surface area (Å²) >= 11 is 7.45. The molecule has 0 heterocycles. The van der Waals surface area contributed by atoms with E-state index in [0.717, 1.165) is 9.13 Å². The zero-order chi connectivity index (χ0) is 15.2. The molecular formula is C16H15IN2OS. The maximum atomic E-state index is 12.1. The Labute approximate surface area is 143 Å². The maximum Gasteiger partial charge on any atom is 0.257 e. The van der Waals surface area contributed by atoms with Crippen molar-refractivity contribution < 1.29 is 4.79 Å². The third kappa shape index (κ3) is 4.78. The number of carbonyl (C=O) groups excluding carboxylic acids is 1. The average Bonchev–Trinajstić information content (AvgIpc) is 2.48. The number of nitrogens with one attached hydrogen (secondary N) is 1. The molecule has 0 unspecified atom stereocenters. The molecule has 0 bridgehead atoms. The topological polar surface area (TPSA) is 32.3 Å². The lowest BCUT2D eigenvalue weighted by Crippen LogP contribution is -2.40. The summed E-state index contributed by atoms with van der Waals surface area (Å²) in [4.78, 5) is 14.0. The molecule has 21 heavy (non-hydrogen) atoms. The minimum Gasteiger partial charge on any atom is -0.348 e. The molecule has 0 fully saturated rings. The largest absolute Gasteiger partial charge is 0.348 e. The van der Waals surface area contributed by atoms with Crippen LogP contribution in [0.2, 0.25) is 0 Å². The third-order valence-corrected chi connectivity index (χ3v) is 4.00. The first kappa shape index (κ1) is 15.9. The molecule has 0 aromatic heterocycles. The van der Waals surface area contributed by atoms with Crippen molar-refractivity contribution >= 4 is 45.8 Å². The van der Waals surface area contributed by atoms with Gasteiger partial charge in [0.15, 0.2) is 5.11 Å². The normalized spacial score (nSPS) is 10.0. The zero-order valence-corrected chi connectivity index (χ0v) is 14.5. The molecule has 0 aliphatic carbocycles. The van der Waals surface area contributed by atoms with Crippen molar-refractivity contribution in [3.63, 3.8) is 0 Å². The van der Waals surface area contributed by atoms with E-state index in [1.54, 1.807) is 6.07 Å². The first-order valence-electron chi connectivity index (χ1n) is 6.42. The standard InChI is InChI=1S/C16H15IN2OS/c1-19(11-12-6-3-2-4-7-12)16(21)18-15(20)13-8-5-9-14(17)10-13/h2-10H,11H2,1H3,(H,18,20,21). The van der Waals surface area contributed by atoms with Gasteiger partial charge in [-0.25, -0.2) is 0 Å². The van der Waals surface area contributed by atoms with Gasteiger partial charge in [-0.2, -0.15) is 0 Å². The summed E-state index contributed by atoms with van der Waals surface area (Å²) in [6.07, 6.45) is 0. The molecule has 2 aromatic rings. The van der Waals surface area contributed by atoms with Gasteiger partial charge in [-0.15, -0.1) is 0 Å². The fourth-order valence-electron chi connectivity index (χ4n) is 1.82. The average molecular weight is 410 g/mol. The Morgan fingerprint density at radius 2 is 1.90 bits per heavy atom. The second-order valence-electron chi connectivity index (χ2n) is 4.61. The van der Waals surface area contributed by atoms with Gasteiger partial charge < -0.3 is 4.90 Å². The van der Waals surface area contributed by atoms with Crippen LogP contribution in [0, 0.1) is 3.57 Å². The van der Waals surface area contributed by atoms with Gasteiger partial charge in [-0.3, -0.25) is 10.1 Å². The van der Waals surface area contributed by atoms with Gasteiger partial charge in [0.25, 0.3) is 5.91 Å². The quantitative estimate of drug-likeness (QED) is 0.622. The van der Waals surface area contributed by atoms with Crippen LogP contribution < -0.4 is 5.32 Å². The van der Waals surface area contributed by atoms with Crippen molar-refractivity contribution in [3.05, 3.63) is 69.3 Å². The van der Waals surface area contributed by atoms with E-state index in [2.05, 4.69) is 27.9 Å². The number of hydrogen-bond acceptors (Lipinski definition) is 2. The van der Waals surface area contributed by atoms with E-state index in [4.69, 9.17) is 12.2 Å². The molecule has 5 heteroatoms. The van der Waals surface area contributed by atoms with Crippen molar-refractivity contribution in [2.24, 2.45) is 0 Å². The summed E-state index contributed by atoms with van der Waals surface area (Å²) in [7, 11) is 1.87. The van der Waals surface area contributed by atoms with Gasteiger partial charge in [0.05, 0.1) is 0 Å². The van der Waals surface area contributed by atoms with E-state index < -0.39 is 0 Å². The highest BCUT2D eigenvalue weighted by atomic mass is 127. The van der Waals surface area contributed by atoms with Crippen LogP contribution in [0.25, 0.3) is 0 Å². The van der Waals surface area contributed by atoms with Crippen LogP contribution in [0.4, 0.5) is 0 Å². The Hall–Kier alpha value is -1.47. The monoisotopic (exact) mass is 410 g/mol. The number of rotatable bonds is 3. The first-order chi connectivity index (χ1) is 10.1. The van der Waals surface area contributed by atoms with E-state index in [-0.39, 0.29) is 5.91 Å². The number of carbonyl (C=O) groups is 1. The Kier molecular flexibility index (Phi) is 5.69. The highest BCUT2D eigenvalue weighted by Crippen LogP contribution is 2.08. The number of benzene rings is 2. The smallest absolute Gasteiger partial charge is 0.257 e. The van der Waals surface area contributed by atoms with Gasteiger partial charge in [0, 0.05) is 22.7 Å². The fraction of sp³-hybridized carbons (Fsp3) is 0.125. The summed E-state index contributed by atoms with van der Waals surface area (Å²) < 4.78 is 1.02. The minimum absolute atomic E-state index is 0.182. The Balaban J connectivity index is 1.96. The van der Waals surface area contributed by atoms with E-state index in [9.17, 15) is 4.79 Å². The number of nitrogens with zero attached hydrogens (tertiary/aromatic N) is 1. The minimum atomic E-state index is -0.182. The number of halogens is 1. The molecular weight excluding hydrogens is 395 g/mol. The molecule has 1 N–H and O–H groups in total. The SMILES string of the molecule is CN(Cc1ccccc1)C(=S)NC(=O)c1cccc(I)c1. The van der Waals surface area contributed by atoms with Gasteiger partial charge in [0.2, 0.25) is 0 Å². The predicted molar refractivity (Wildman–Crippen MR) is 97.1 cm³/mol. The van der Waals surface area contributed by atoms with Crippen molar-refractivity contribution in [1.82, 2.24) is 10.2 Å². The summed E-state index contributed by atoms with van der Waals surface area (Å²) in [6, 6.07) is 17.4. The highest BCUT2D eigenvalue weighted by molar-refractivity contribution is 14.1. The molecule has 0 saturated carbocycles. The van der Waals surface area contributed by atoms with Gasteiger partial charge in [0.1, 0.15) is 0 Å². The Morgan fingerprint density at radius 3 is 2.57 bits per heavy atom. The molecule has 0 radical (unpaired) electrons. The fourth-order valence-corrected chi connectivity index (χ4v) is 2.52. The van der Waals surface area contributed by atoms with Crippen LogP contribution in [0.3, 0.4) is 0 Å². The highest BCUT2D eigenvalue weighted by Gasteiger charge is 2.11. The second kappa shape index (κ2) is 7.51. The lowest BCUT2D eigenvalue weighted by atomic mass is 10.2. The Morgan fingerprint density at radius 1 is 1.19 bits per heavy atom. The number of amides is 1. The third-order valence-electron chi connectivity index (χ3n) is 2.92. The lowest BCUT2D eigenvalue weighted by Gasteiger charge is -2.20. The molecule has 108 valence electrons. The molecule has 0 spiro atoms. The molecule has 0 atom stereocenters. The molecule has 0 saturated heterocycles. The summed E-state index contributed by atoms with van der Waals surface area (Å²) in [6.45, 7) is 0.659. The van der Waals surface area contributed by atoms with Crippen LogP contribution in [-0.4, -0.2) is 23.0 Å². The first-order valence-corrected chi connectivity index (χ1v) is 7.91. The summed E-state index contributed by atoms with van der Waals surface area (Å²) in [5.41, 5.74) is 1.75. The van der Waals surface area contributed by atoms with Crippen LogP contribution in [0.1, 0.15) is 15.9 Å². The van der Waals surface area contributed by atoms with Crippen molar-refractivity contribution in [2.45, 2.75) is 6.54 Å². The molecule has 3 nitrogen and oxygen atoms in total. The van der Waals surface area contributed by atoms with Gasteiger partial charge >= 0.3 is 0 Å². The van der Waals surface area contributed by atoms with Crippen molar-refractivity contribution in [1.29, 1.82) is 0 Å². The van der Waals surface area contributed by atoms with Crippen molar-refractivity contribution in [3.8, 4) is 0 Å². The van der Waals surface area contributed by atoms with E-state index in [1.807, 2.05) is 60.5 Å². The number of thiocarbonyl (C=S) groups is 1. The van der Waals surface area contributed by atoms with Crippen LogP contribution in [0.15, 0.2) is 54.6 Å². The molecule has 0 aliphatic heterocycles. The Bertz CT molecular complexity index is 646. The molecule has 1 amide bonds. The maximum absolute atomic E-state index is 12.1. The van der Waals surface area contributed by atoms with Gasteiger partial charge in [-0.1, -0.05) is 36.4 Å². The van der Waals surface area contributed by atoms with E-state index in [0.29, 0.717) is 17.2 Å². The van der Waals surface area contributed by atoms with Gasteiger partial charge in [-0.05, 0) is 58.6 Å². The van der Waals surface area contributed by atoms with E-state index >= 15 is 0 Å². The molecule has 2 rings (SSSR count). The van der Waals surface area contributed by atoms with E-state index in [1.165, 1.54) is 0 Å². The second-order valence-corrected chi connectivity index (χ2v) is 6.24. The van der Waals surface area contributed by atoms with Crippen molar-refractivity contribution in [2.75, 3.05) is 7.05 Å². The van der Waals surface area contributed by atoms with Crippen LogP contribution in [0.5, 0.6) is 0 Å². The summed E-state index contributed by atoms with van der Waals surface area (Å²) in [5.74, 6) is -0.182. The van der Waals surface area contributed by atoms with Crippen LogP contribution in [-0.2, 0) is 6.54 Å².